The van der Waals surface area contributed by atoms with E-state index in [4.69, 9.17) is 5.73 Å². The summed E-state index contributed by atoms with van der Waals surface area (Å²) in [4.78, 5) is 4.03. The van der Waals surface area contributed by atoms with Crippen molar-refractivity contribution < 1.29 is 4.39 Å². The van der Waals surface area contributed by atoms with Gasteiger partial charge in [-0.2, -0.15) is 5.26 Å². The van der Waals surface area contributed by atoms with Crippen molar-refractivity contribution >= 4 is 0 Å². The molecule has 0 spiro atoms. The Labute approximate surface area is 94.1 Å². The maximum Gasteiger partial charge on any atom is 0.141 e. The van der Waals surface area contributed by atoms with Gasteiger partial charge in [0.25, 0.3) is 0 Å². The predicted molar refractivity (Wildman–Crippen MR) is 57.9 cm³/mol. The van der Waals surface area contributed by atoms with E-state index in [0.717, 1.165) is 12.8 Å². The van der Waals surface area contributed by atoms with Crippen LogP contribution in [0.2, 0.25) is 0 Å². The van der Waals surface area contributed by atoms with E-state index in [2.05, 4.69) is 11.1 Å². The van der Waals surface area contributed by atoms with Crippen molar-refractivity contribution in [2.45, 2.75) is 37.1 Å². The summed E-state index contributed by atoms with van der Waals surface area (Å²) in [5, 5.41) is 9.33. The summed E-state index contributed by atoms with van der Waals surface area (Å²) < 4.78 is 12.8. The summed E-state index contributed by atoms with van der Waals surface area (Å²) in [5.74, 6) is -0.371. The second-order valence-electron chi connectivity index (χ2n) is 4.39. The Balaban J connectivity index is 2.29. The lowest BCUT2D eigenvalue weighted by Gasteiger charge is -2.32. The average Bonchev–Trinajstić information content (AvgIpc) is 2.32. The van der Waals surface area contributed by atoms with Gasteiger partial charge >= 0.3 is 0 Å². The Bertz CT molecular complexity index is 399. The third-order valence-electron chi connectivity index (χ3n) is 3.32. The maximum absolute atomic E-state index is 12.8. The van der Waals surface area contributed by atoms with E-state index >= 15 is 0 Å². The monoisotopic (exact) mass is 219 g/mol. The smallest absolute Gasteiger partial charge is 0.141 e. The van der Waals surface area contributed by atoms with Crippen LogP contribution < -0.4 is 5.73 Å². The van der Waals surface area contributed by atoms with Gasteiger partial charge in [0, 0.05) is 6.04 Å². The number of nitrogens with two attached hydrogens (primary N) is 1. The number of hydrogen-bond donors (Lipinski definition) is 1. The fourth-order valence-electron chi connectivity index (χ4n) is 2.22. The molecular weight excluding hydrogens is 205 g/mol. The number of nitriles is 1. The molecule has 16 heavy (non-hydrogen) atoms. The number of pyridine rings is 1. The molecule has 0 bridgehead atoms. The zero-order valence-corrected chi connectivity index (χ0v) is 8.99. The highest BCUT2D eigenvalue weighted by atomic mass is 19.1. The van der Waals surface area contributed by atoms with Gasteiger partial charge in [-0.3, -0.25) is 4.98 Å². The first-order valence-electron chi connectivity index (χ1n) is 5.45. The molecule has 3 nitrogen and oxygen atoms in total. The largest absolute Gasteiger partial charge is 0.328 e. The van der Waals surface area contributed by atoms with E-state index in [0.29, 0.717) is 18.5 Å². The van der Waals surface area contributed by atoms with Crippen LogP contribution in [0.25, 0.3) is 0 Å². The van der Waals surface area contributed by atoms with Crippen molar-refractivity contribution in [3.8, 4) is 6.07 Å². The van der Waals surface area contributed by atoms with Crippen LogP contribution in [0.3, 0.4) is 0 Å². The first kappa shape index (κ1) is 11.0. The Morgan fingerprint density at radius 3 is 2.62 bits per heavy atom. The van der Waals surface area contributed by atoms with E-state index < -0.39 is 5.41 Å². The molecule has 1 fully saturated rings. The van der Waals surface area contributed by atoms with Crippen LogP contribution >= 0.6 is 0 Å². The van der Waals surface area contributed by atoms with Gasteiger partial charge in [0.2, 0.25) is 0 Å². The highest BCUT2D eigenvalue weighted by Crippen LogP contribution is 2.37. The summed E-state index contributed by atoms with van der Waals surface area (Å²) >= 11 is 0. The first-order valence-corrected chi connectivity index (χ1v) is 5.45. The van der Waals surface area contributed by atoms with E-state index in [1.807, 2.05) is 0 Å². The molecule has 1 heterocycles. The summed E-state index contributed by atoms with van der Waals surface area (Å²) in [6.45, 7) is 0. The molecule has 0 unspecified atom stereocenters. The van der Waals surface area contributed by atoms with Crippen LogP contribution in [-0.2, 0) is 5.41 Å². The second-order valence-corrected chi connectivity index (χ2v) is 4.39. The molecule has 0 aliphatic heterocycles. The predicted octanol–water partition coefficient (Wildman–Crippen LogP) is 1.88. The lowest BCUT2D eigenvalue weighted by molar-refractivity contribution is 0.325. The Morgan fingerprint density at radius 2 is 2.12 bits per heavy atom. The molecule has 1 aromatic rings. The minimum absolute atomic E-state index is 0.182. The molecule has 1 aliphatic carbocycles. The zero-order valence-electron chi connectivity index (χ0n) is 8.99. The molecule has 1 aliphatic rings. The topological polar surface area (TPSA) is 62.7 Å². The summed E-state index contributed by atoms with van der Waals surface area (Å²) in [6, 6.07) is 5.48. The van der Waals surface area contributed by atoms with Gasteiger partial charge in [-0.05, 0) is 37.8 Å². The molecule has 0 saturated heterocycles. The third-order valence-corrected chi connectivity index (χ3v) is 3.32. The second kappa shape index (κ2) is 4.18. The fourth-order valence-corrected chi connectivity index (χ4v) is 2.22. The fraction of sp³-hybridized carbons (Fsp3) is 0.500. The number of halogens is 1. The van der Waals surface area contributed by atoms with Gasteiger partial charge in [0.1, 0.15) is 5.82 Å². The summed E-state index contributed by atoms with van der Waals surface area (Å²) in [6.07, 6.45) is 4.24. The molecule has 2 rings (SSSR count). The van der Waals surface area contributed by atoms with Crippen molar-refractivity contribution in [1.82, 2.24) is 4.98 Å². The van der Waals surface area contributed by atoms with Gasteiger partial charge in [0.05, 0.1) is 23.4 Å². The Kier molecular flexibility index (Phi) is 2.88. The van der Waals surface area contributed by atoms with Crippen LogP contribution in [0.1, 0.15) is 31.4 Å². The molecule has 2 N–H and O–H groups in total. The molecular formula is C12H14FN3. The molecule has 0 amide bonds. The first-order chi connectivity index (χ1) is 7.66. The van der Waals surface area contributed by atoms with Gasteiger partial charge < -0.3 is 5.73 Å². The Hall–Kier alpha value is -1.47. The number of nitrogens with zero attached hydrogens (tertiary/aromatic N) is 2. The Morgan fingerprint density at radius 1 is 1.44 bits per heavy atom. The number of hydrogen-bond acceptors (Lipinski definition) is 3. The summed E-state index contributed by atoms with van der Waals surface area (Å²) in [5.41, 5.74) is 5.93. The van der Waals surface area contributed by atoms with Crippen molar-refractivity contribution in [2.75, 3.05) is 0 Å². The van der Waals surface area contributed by atoms with Crippen molar-refractivity contribution in [1.29, 1.82) is 5.26 Å². The molecule has 0 atom stereocenters. The quantitative estimate of drug-likeness (QED) is 0.784. The molecule has 1 saturated carbocycles. The number of aromatic nitrogens is 1. The molecule has 4 heteroatoms. The lowest BCUT2D eigenvalue weighted by Crippen LogP contribution is -2.36. The lowest BCUT2D eigenvalue weighted by atomic mass is 9.71. The third kappa shape index (κ3) is 1.91. The van der Waals surface area contributed by atoms with Crippen LogP contribution in [0.5, 0.6) is 0 Å². The molecule has 0 aromatic carbocycles. The van der Waals surface area contributed by atoms with Crippen molar-refractivity contribution in [3.63, 3.8) is 0 Å². The normalized spacial score (nSPS) is 29.7. The van der Waals surface area contributed by atoms with Gasteiger partial charge in [0.15, 0.2) is 0 Å². The van der Waals surface area contributed by atoms with E-state index in [1.54, 1.807) is 6.07 Å². The average molecular weight is 219 g/mol. The summed E-state index contributed by atoms with van der Waals surface area (Å²) in [7, 11) is 0. The van der Waals surface area contributed by atoms with Crippen molar-refractivity contribution in [3.05, 3.63) is 29.8 Å². The van der Waals surface area contributed by atoms with E-state index in [9.17, 15) is 9.65 Å². The molecule has 1 aromatic heterocycles. The highest BCUT2D eigenvalue weighted by molar-refractivity contribution is 5.27. The van der Waals surface area contributed by atoms with Crippen LogP contribution in [0.4, 0.5) is 4.39 Å². The standard InChI is InChI=1S/C12H14FN3/c13-9-1-2-11(16-7-9)12(8-14)5-3-10(15)4-6-12/h1-2,7,10H,3-6,15H2. The minimum Gasteiger partial charge on any atom is -0.328 e. The molecule has 0 radical (unpaired) electrons. The van der Waals surface area contributed by atoms with Gasteiger partial charge in [-0.25, -0.2) is 4.39 Å². The van der Waals surface area contributed by atoms with Crippen LogP contribution in [-0.4, -0.2) is 11.0 Å². The SMILES string of the molecule is N#CC1(c2ccc(F)cn2)CCC(N)CC1. The van der Waals surface area contributed by atoms with Gasteiger partial charge in [-0.1, -0.05) is 0 Å². The number of rotatable bonds is 1. The van der Waals surface area contributed by atoms with E-state index in [-0.39, 0.29) is 11.9 Å². The molecule has 84 valence electrons. The van der Waals surface area contributed by atoms with Crippen LogP contribution in [0.15, 0.2) is 18.3 Å². The van der Waals surface area contributed by atoms with Crippen molar-refractivity contribution in [2.24, 2.45) is 5.73 Å². The zero-order chi connectivity index (χ0) is 11.6. The highest BCUT2D eigenvalue weighted by Gasteiger charge is 2.37. The van der Waals surface area contributed by atoms with Crippen LogP contribution in [0, 0.1) is 17.1 Å². The minimum atomic E-state index is -0.566. The van der Waals surface area contributed by atoms with E-state index in [1.165, 1.54) is 12.3 Å². The van der Waals surface area contributed by atoms with Gasteiger partial charge in [-0.15, -0.1) is 0 Å². The maximum atomic E-state index is 12.8.